The fourth-order valence-electron chi connectivity index (χ4n) is 1.99. The van der Waals surface area contributed by atoms with E-state index in [1.807, 2.05) is 0 Å². The van der Waals surface area contributed by atoms with Gasteiger partial charge in [0.25, 0.3) is 0 Å². The minimum atomic E-state index is 0.606. The van der Waals surface area contributed by atoms with Crippen molar-refractivity contribution in [2.24, 2.45) is 0 Å². The first kappa shape index (κ1) is 17.1. The summed E-state index contributed by atoms with van der Waals surface area (Å²) in [6.45, 7) is 0. The molecule has 0 radical (unpaired) electrons. The second-order valence-electron chi connectivity index (χ2n) is 4.39. The first-order valence-corrected chi connectivity index (χ1v) is 13.1. The number of rotatable bonds is 8. The van der Waals surface area contributed by atoms with Crippen molar-refractivity contribution in [2.75, 3.05) is 10.7 Å². The Morgan fingerprint density at radius 1 is 0.750 bits per heavy atom. The van der Waals surface area contributed by atoms with E-state index < -0.39 is 0 Å². The molecule has 0 amide bonds. The summed E-state index contributed by atoms with van der Waals surface area (Å²) in [7, 11) is 0. The van der Waals surface area contributed by atoms with Gasteiger partial charge >= 0.3 is 152 Å². The van der Waals surface area contributed by atoms with Crippen LogP contribution >= 0.6 is 31.9 Å². The summed E-state index contributed by atoms with van der Waals surface area (Å²) in [6, 6.07) is 13.7. The molecule has 0 N–H and O–H groups in total. The van der Waals surface area contributed by atoms with E-state index >= 15 is 0 Å². The molecule has 2 aromatic carbocycles. The van der Waals surface area contributed by atoms with E-state index in [4.69, 9.17) is 0 Å². The molecular formula is C16H18Br2Se2. The first-order chi connectivity index (χ1) is 9.86. The van der Waals surface area contributed by atoms with Crippen molar-refractivity contribution in [2.45, 2.75) is 23.5 Å². The van der Waals surface area contributed by atoms with Gasteiger partial charge in [-0.05, 0) is 0 Å². The normalized spacial score (nSPS) is 11.1. The monoisotopic (exact) mass is 528 g/mol. The van der Waals surface area contributed by atoms with E-state index in [0.29, 0.717) is 29.9 Å². The van der Waals surface area contributed by atoms with Crippen molar-refractivity contribution in [1.82, 2.24) is 0 Å². The number of hydrogen-bond donors (Lipinski definition) is 0. The Labute approximate surface area is 151 Å². The number of benzene rings is 2. The Kier molecular flexibility index (Phi) is 8.24. The first-order valence-electron chi connectivity index (χ1n) is 6.76. The summed E-state index contributed by atoms with van der Waals surface area (Å²) >= 11 is 8.29. The Morgan fingerprint density at radius 3 is 1.70 bits per heavy atom. The van der Waals surface area contributed by atoms with E-state index in [1.165, 1.54) is 28.9 Å². The van der Waals surface area contributed by atoms with Gasteiger partial charge in [-0.15, -0.1) is 0 Å². The molecule has 0 bridgehead atoms. The van der Waals surface area contributed by atoms with Crippen LogP contribution in [0.4, 0.5) is 0 Å². The van der Waals surface area contributed by atoms with E-state index in [1.54, 1.807) is 14.3 Å². The zero-order valence-corrected chi connectivity index (χ0v) is 17.9. The molecule has 108 valence electrons. The topological polar surface area (TPSA) is 0 Å². The van der Waals surface area contributed by atoms with Gasteiger partial charge in [0.15, 0.2) is 0 Å². The van der Waals surface area contributed by atoms with Gasteiger partial charge in [0.1, 0.15) is 0 Å². The summed E-state index contributed by atoms with van der Waals surface area (Å²) in [6.07, 6.45) is 2.57. The predicted octanol–water partition coefficient (Wildman–Crippen LogP) is 3.91. The number of alkyl halides is 2. The van der Waals surface area contributed by atoms with Crippen LogP contribution in [-0.2, 0) is 0 Å². The molecule has 0 saturated carbocycles. The molecule has 0 spiro atoms. The molecule has 2 aromatic rings. The van der Waals surface area contributed by atoms with Gasteiger partial charge in [-0.25, -0.2) is 0 Å². The van der Waals surface area contributed by atoms with Crippen molar-refractivity contribution < 1.29 is 0 Å². The number of fused-ring (bicyclic) bond motifs is 1. The quantitative estimate of drug-likeness (QED) is 0.277. The molecule has 0 heterocycles. The summed E-state index contributed by atoms with van der Waals surface area (Å²) in [5, 5.41) is 7.92. The Hall–Kier alpha value is 0.699. The summed E-state index contributed by atoms with van der Waals surface area (Å²) < 4.78 is 3.21. The van der Waals surface area contributed by atoms with Crippen LogP contribution < -0.4 is 8.92 Å². The summed E-state index contributed by atoms with van der Waals surface area (Å²) in [5.74, 6) is 0. The van der Waals surface area contributed by atoms with Crippen LogP contribution in [0.3, 0.4) is 0 Å². The predicted molar refractivity (Wildman–Crippen MR) is 101 cm³/mol. The van der Waals surface area contributed by atoms with E-state index in [9.17, 15) is 0 Å². The Balaban J connectivity index is 2.26. The molecule has 0 atom stereocenters. The second kappa shape index (κ2) is 9.66. The molecule has 0 aromatic heterocycles. The Bertz CT molecular complexity index is 498. The second-order valence-corrected chi connectivity index (χ2v) is 10.7. The molecule has 0 saturated heterocycles. The number of halogens is 2. The maximum absolute atomic E-state index is 3.54. The zero-order valence-electron chi connectivity index (χ0n) is 11.3. The van der Waals surface area contributed by atoms with Crippen LogP contribution in [0, 0.1) is 0 Å². The molecule has 0 fully saturated rings. The van der Waals surface area contributed by atoms with Crippen molar-refractivity contribution in [3.05, 3.63) is 36.4 Å². The van der Waals surface area contributed by atoms with Crippen LogP contribution in [0.15, 0.2) is 36.4 Å². The molecule has 2 rings (SSSR count). The van der Waals surface area contributed by atoms with Crippen molar-refractivity contribution in [1.29, 1.82) is 0 Å². The van der Waals surface area contributed by atoms with E-state index in [-0.39, 0.29) is 0 Å². The molecule has 20 heavy (non-hydrogen) atoms. The molecule has 0 unspecified atom stereocenters. The molecular weight excluding hydrogens is 510 g/mol. The van der Waals surface area contributed by atoms with E-state index in [0.717, 1.165) is 10.7 Å². The summed E-state index contributed by atoms with van der Waals surface area (Å²) in [4.78, 5) is 0. The van der Waals surface area contributed by atoms with Crippen LogP contribution in [0.5, 0.6) is 0 Å². The van der Waals surface area contributed by atoms with Crippen LogP contribution in [0.2, 0.25) is 10.6 Å². The van der Waals surface area contributed by atoms with Crippen LogP contribution in [0.25, 0.3) is 10.8 Å². The van der Waals surface area contributed by atoms with Crippen molar-refractivity contribution >= 4 is 81.5 Å². The van der Waals surface area contributed by atoms with Gasteiger partial charge in [-0.3, -0.25) is 0 Å². The fourth-order valence-corrected chi connectivity index (χ4v) is 8.97. The average Bonchev–Trinajstić information content (AvgIpc) is 2.48. The third-order valence-electron chi connectivity index (χ3n) is 2.90. The van der Waals surface area contributed by atoms with Crippen molar-refractivity contribution in [3.8, 4) is 0 Å². The molecule has 4 heteroatoms. The third kappa shape index (κ3) is 4.86. The van der Waals surface area contributed by atoms with Gasteiger partial charge in [-0.2, -0.15) is 0 Å². The fraction of sp³-hybridized carbons (Fsp3) is 0.375. The molecule has 0 nitrogen and oxygen atoms in total. The Morgan fingerprint density at radius 2 is 1.25 bits per heavy atom. The van der Waals surface area contributed by atoms with Crippen LogP contribution in [0.1, 0.15) is 12.8 Å². The van der Waals surface area contributed by atoms with Crippen molar-refractivity contribution in [3.63, 3.8) is 0 Å². The molecule has 0 aliphatic heterocycles. The average molecular weight is 528 g/mol. The molecule has 0 aliphatic rings. The van der Waals surface area contributed by atoms with Gasteiger partial charge in [-0.1, -0.05) is 0 Å². The van der Waals surface area contributed by atoms with Crippen LogP contribution in [-0.4, -0.2) is 40.6 Å². The van der Waals surface area contributed by atoms with Gasteiger partial charge in [0.2, 0.25) is 0 Å². The summed E-state index contributed by atoms with van der Waals surface area (Å²) in [5.41, 5.74) is 0. The minimum absolute atomic E-state index is 0.606. The molecule has 0 aliphatic carbocycles. The van der Waals surface area contributed by atoms with Gasteiger partial charge in [0, 0.05) is 0 Å². The van der Waals surface area contributed by atoms with Gasteiger partial charge in [0.05, 0.1) is 0 Å². The van der Waals surface area contributed by atoms with Gasteiger partial charge < -0.3 is 0 Å². The zero-order chi connectivity index (χ0) is 14.2. The standard InChI is InChI=1S/C16H18Br2Se2/c17-9-3-11-19-14-7-1-5-13-6-2-8-15(16(13)14)20-12-4-10-18/h1-2,5-8H,3-4,9-12H2. The number of hydrogen-bond acceptors (Lipinski definition) is 0. The van der Waals surface area contributed by atoms with E-state index in [2.05, 4.69) is 68.3 Å². The maximum atomic E-state index is 3.54. The SMILES string of the molecule is BrCCC[Se]c1cccc2cccc([Se]CCCBr)c12. The third-order valence-corrected chi connectivity index (χ3v) is 8.82.